The largest absolute Gasteiger partial charge is 0.328 e. The first-order valence-corrected chi connectivity index (χ1v) is 9.20. The van der Waals surface area contributed by atoms with Crippen LogP contribution in [-0.4, -0.2) is 18.1 Å². The summed E-state index contributed by atoms with van der Waals surface area (Å²) in [5.74, 6) is 3.14. The number of hydrogen-bond acceptors (Lipinski definition) is 2. The van der Waals surface area contributed by atoms with Gasteiger partial charge in [-0.25, -0.2) is 0 Å². The van der Waals surface area contributed by atoms with Crippen LogP contribution in [0.4, 0.5) is 0 Å². The number of unbranched alkanes of at least 4 members (excludes halogenated alkanes) is 3. The Labute approximate surface area is 120 Å². The van der Waals surface area contributed by atoms with E-state index in [0.717, 1.165) is 11.8 Å². The van der Waals surface area contributed by atoms with Crippen molar-refractivity contribution in [1.29, 1.82) is 0 Å². The third-order valence-electron chi connectivity index (χ3n) is 3.73. The standard InChI is InChI=1S/C16H35NS/c1-14(13-15(2)11-12-18-4)9-7-5-6-8-10-16(3)17/h14-16H,5-13,17H2,1-4H3. The molecule has 0 aliphatic carbocycles. The minimum Gasteiger partial charge on any atom is -0.328 e. The van der Waals surface area contributed by atoms with E-state index in [1.54, 1.807) is 0 Å². The van der Waals surface area contributed by atoms with E-state index < -0.39 is 0 Å². The molecule has 0 aromatic heterocycles. The van der Waals surface area contributed by atoms with Crippen LogP contribution < -0.4 is 5.73 Å². The van der Waals surface area contributed by atoms with Crippen molar-refractivity contribution in [2.75, 3.05) is 12.0 Å². The first-order valence-electron chi connectivity index (χ1n) is 7.80. The van der Waals surface area contributed by atoms with Crippen LogP contribution in [0.25, 0.3) is 0 Å². The average Bonchev–Trinajstić information content (AvgIpc) is 2.30. The van der Waals surface area contributed by atoms with Crippen LogP contribution in [0, 0.1) is 11.8 Å². The van der Waals surface area contributed by atoms with Gasteiger partial charge in [0.2, 0.25) is 0 Å². The van der Waals surface area contributed by atoms with Gasteiger partial charge in [0.25, 0.3) is 0 Å². The number of hydrogen-bond donors (Lipinski definition) is 1. The summed E-state index contributed by atoms with van der Waals surface area (Å²) in [5.41, 5.74) is 5.75. The van der Waals surface area contributed by atoms with E-state index in [1.165, 1.54) is 57.1 Å². The Hall–Kier alpha value is 0.310. The second-order valence-electron chi connectivity index (χ2n) is 6.20. The van der Waals surface area contributed by atoms with Crippen molar-refractivity contribution in [2.24, 2.45) is 17.6 Å². The van der Waals surface area contributed by atoms with Crippen LogP contribution in [0.3, 0.4) is 0 Å². The van der Waals surface area contributed by atoms with Crippen LogP contribution in [-0.2, 0) is 0 Å². The number of rotatable bonds is 12. The van der Waals surface area contributed by atoms with Gasteiger partial charge in [-0.1, -0.05) is 46.0 Å². The quantitative estimate of drug-likeness (QED) is 0.501. The van der Waals surface area contributed by atoms with Crippen molar-refractivity contribution in [2.45, 2.75) is 78.2 Å². The molecule has 18 heavy (non-hydrogen) atoms. The second-order valence-corrected chi connectivity index (χ2v) is 7.18. The maximum Gasteiger partial charge on any atom is 0.00104 e. The van der Waals surface area contributed by atoms with E-state index >= 15 is 0 Å². The lowest BCUT2D eigenvalue weighted by molar-refractivity contribution is 0.375. The molecule has 0 heterocycles. The van der Waals surface area contributed by atoms with Gasteiger partial charge >= 0.3 is 0 Å². The van der Waals surface area contributed by atoms with Crippen LogP contribution in [0.15, 0.2) is 0 Å². The summed E-state index contributed by atoms with van der Waals surface area (Å²) < 4.78 is 0. The Morgan fingerprint density at radius 2 is 1.39 bits per heavy atom. The highest BCUT2D eigenvalue weighted by Crippen LogP contribution is 2.21. The van der Waals surface area contributed by atoms with Gasteiger partial charge in [-0.3, -0.25) is 0 Å². The summed E-state index contributed by atoms with van der Waals surface area (Å²) in [5, 5.41) is 0. The molecular formula is C16H35NS. The van der Waals surface area contributed by atoms with Crippen molar-refractivity contribution in [3.05, 3.63) is 0 Å². The van der Waals surface area contributed by atoms with Gasteiger partial charge in [0, 0.05) is 6.04 Å². The predicted molar refractivity (Wildman–Crippen MR) is 87.3 cm³/mol. The fraction of sp³-hybridized carbons (Fsp3) is 1.00. The highest BCUT2D eigenvalue weighted by atomic mass is 32.2. The van der Waals surface area contributed by atoms with Crippen LogP contribution in [0.1, 0.15) is 72.1 Å². The summed E-state index contributed by atoms with van der Waals surface area (Å²) in [6.07, 6.45) is 13.1. The first kappa shape index (κ1) is 18.3. The van der Waals surface area contributed by atoms with E-state index in [4.69, 9.17) is 5.73 Å². The maximum absolute atomic E-state index is 5.75. The molecule has 0 spiro atoms. The molecule has 2 heteroatoms. The molecule has 0 aliphatic heterocycles. The van der Waals surface area contributed by atoms with Crippen LogP contribution in [0.2, 0.25) is 0 Å². The monoisotopic (exact) mass is 273 g/mol. The lowest BCUT2D eigenvalue weighted by Gasteiger charge is -2.16. The molecule has 110 valence electrons. The topological polar surface area (TPSA) is 26.0 Å². The van der Waals surface area contributed by atoms with Gasteiger partial charge in [0.15, 0.2) is 0 Å². The molecular weight excluding hydrogens is 238 g/mol. The molecule has 0 saturated heterocycles. The van der Waals surface area contributed by atoms with E-state index in [9.17, 15) is 0 Å². The van der Waals surface area contributed by atoms with Crippen LogP contribution >= 0.6 is 11.8 Å². The molecule has 0 amide bonds. The lowest BCUT2D eigenvalue weighted by atomic mass is 9.91. The molecule has 1 nitrogen and oxygen atoms in total. The molecule has 0 rings (SSSR count). The van der Waals surface area contributed by atoms with Crippen molar-refractivity contribution in [3.63, 3.8) is 0 Å². The third-order valence-corrected chi connectivity index (χ3v) is 4.37. The molecule has 2 N–H and O–H groups in total. The van der Waals surface area contributed by atoms with Crippen molar-refractivity contribution in [1.82, 2.24) is 0 Å². The van der Waals surface area contributed by atoms with Gasteiger partial charge in [-0.2, -0.15) is 11.8 Å². The van der Waals surface area contributed by atoms with Gasteiger partial charge in [0.1, 0.15) is 0 Å². The van der Waals surface area contributed by atoms with Gasteiger partial charge in [0.05, 0.1) is 0 Å². The molecule has 0 aromatic rings. The molecule has 0 saturated carbocycles. The van der Waals surface area contributed by atoms with Crippen LogP contribution in [0.5, 0.6) is 0 Å². The molecule has 0 radical (unpaired) electrons. The SMILES string of the molecule is CSCCC(C)CC(C)CCCCCCC(C)N. The minimum absolute atomic E-state index is 0.390. The van der Waals surface area contributed by atoms with E-state index in [2.05, 4.69) is 27.0 Å². The Balaban J connectivity index is 3.33. The molecule has 3 atom stereocenters. The maximum atomic E-state index is 5.75. The highest BCUT2D eigenvalue weighted by molar-refractivity contribution is 7.98. The minimum atomic E-state index is 0.390. The lowest BCUT2D eigenvalue weighted by Crippen LogP contribution is -2.13. The first-order chi connectivity index (χ1) is 8.56. The van der Waals surface area contributed by atoms with E-state index in [-0.39, 0.29) is 0 Å². The summed E-state index contributed by atoms with van der Waals surface area (Å²) in [7, 11) is 0. The fourth-order valence-electron chi connectivity index (χ4n) is 2.55. The van der Waals surface area contributed by atoms with Gasteiger partial charge in [-0.15, -0.1) is 0 Å². The normalized spacial score (nSPS) is 16.5. The van der Waals surface area contributed by atoms with E-state index in [0.29, 0.717) is 6.04 Å². The number of nitrogens with two attached hydrogens (primary N) is 1. The summed E-state index contributed by atoms with van der Waals surface area (Å²) in [4.78, 5) is 0. The molecule has 0 aliphatic rings. The summed E-state index contributed by atoms with van der Waals surface area (Å²) >= 11 is 1.98. The predicted octanol–water partition coefficient (Wildman–Crippen LogP) is 5.09. The van der Waals surface area contributed by atoms with E-state index in [1.807, 2.05) is 11.8 Å². The summed E-state index contributed by atoms with van der Waals surface area (Å²) in [6, 6.07) is 0.390. The molecule has 0 aromatic carbocycles. The van der Waals surface area contributed by atoms with Crippen molar-refractivity contribution in [3.8, 4) is 0 Å². The van der Waals surface area contributed by atoms with Gasteiger partial charge < -0.3 is 5.73 Å². The molecule has 0 fully saturated rings. The highest BCUT2D eigenvalue weighted by Gasteiger charge is 2.08. The number of thioether (sulfide) groups is 1. The Morgan fingerprint density at radius 1 is 0.833 bits per heavy atom. The zero-order chi connectivity index (χ0) is 13.8. The average molecular weight is 274 g/mol. The van der Waals surface area contributed by atoms with Gasteiger partial charge in [-0.05, 0) is 50.0 Å². The third kappa shape index (κ3) is 12.8. The zero-order valence-corrected chi connectivity index (χ0v) is 13.9. The zero-order valence-electron chi connectivity index (χ0n) is 13.1. The van der Waals surface area contributed by atoms with Crippen molar-refractivity contribution < 1.29 is 0 Å². The fourth-order valence-corrected chi connectivity index (χ4v) is 3.19. The Morgan fingerprint density at radius 3 is 1.94 bits per heavy atom. The second kappa shape index (κ2) is 12.3. The Bertz CT molecular complexity index is 170. The molecule has 0 bridgehead atoms. The smallest absolute Gasteiger partial charge is 0.00104 e. The summed E-state index contributed by atoms with van der Waals surface area (Å²) in [6.45, 7) is 6.95. The molecule has 3 unspecified atom stereocenters. The van der Waals surface area contributed by atoms with Crippen molar-refractivity contribution >= 4 is 11.8 Å². The Kier molecular flexibility index (Phi) is 12.6.